The van der Waals surface area contributed by atoms with Crippen molar-refractivity contribution in [3.63, 3.8) is 0 Å². The molecule has 0 N–H and O–H groups in total. The maximum atomic E-state index is 6.36. The molecule has 384 valence electrons. The van der Waals surface area contributed by atoms with Crippen molar-refractivity contribution in [2.24, 2.45) is 0 Å². The molecule has 12 aromatic carbocycles. The minimum Gasteiger partial charge on any atom is -0.456 e. The number of nitrogens with zero attached hydrogens (tertiary/aromatic N) is 4. The van der Waals surface area contributed by atoms with Crippen LogP contribution in [0.15, 0.2) is 308 Å². The predicted octanol–water partition coefficient (Wildman–Crippen LogP) is 19.9. The Morgan fingerprint density at radius 3 is 1.07 bits per heavy atom. The zero-order valence-electron chi connectivity index (χ0n) is 44.6. The first-order chi connectivity index (χ1) is 40.6. The Bertz CT molecular complexity index is 4680. The molecule has 0 aliphatic rings. The van der Waals surface area contributed by atoms with Gasteiger partial charge in [-0.1, -0.05) is 261 Å². The lowest BCUT2D eigenvalue weighted by Crippen LogP contribution is -2.01. The van der Waals surface area contributed by atoms with Crippen LogP contribution in [0.3, 0.4) is 0 Å². The van der Waals surface area contributed by atoms with Gasteiger partial charge in [0.25, 0.3) is 0 Å². The van der Waals surface area contributed by atoms with Crippen molar-refractivity contribution in [2.45, 2.75) is 0 Å². The van der Waals surface area contributed by atoms with Crippen molar-refractivity contribution in [2.75, 3.05) is 0 Å². The standard InChI is InChI=1S/C77H50N4O/c1-4-16-51(17-5-1)53-30-38-60(39-31-53)75-78-76(61-40-32-54(33-41-61)52-18-6-2-7-19-52)80-77(79-75)62-42-36-58(37-43-62)74(57-34-28-55(29-35-57)63-46-49-68-67-24-12-15-27-71(67)82-72(68)50-63)73(56-20-8-3-9-21-56)59-44-47-64(48-45-59)81-69-25-13-10-22-65(69)66-23-11-14-26-70(66)81/h1-50H/b74-73-. The fourth-order valence-corrected chi connectivity index (χ4v) is 11.7. The van der Waals surface area contributed by atoms with E-state index in [2.05, 4.69) is 284 Å². The number of hydrogen-bond acceptors (Lipinski definition) is 4. The molecule has 0 saturated carbocycles. The van der Waals surface area contributed by atoms with Gasteiger partial charge in [0.15, 0.2) is 17.5 Å². The van der Waals surface area contributed by atoms with Crippen LogP contribution in [0.25, 0.3) is 128 Å². The second-order valence-corrected chi connectivity index (χ2v) is 20.7. The van der Waals surface area contributed by atoms with Crippen LogP contribution in [0.5, 0.6) is 0 Å². The van der Waals surface area contributed by atoms with Gasteiger partial charge < -0.3 is 8.98 Å². The van der Waals surface area contributed by atoms with E-state index < -0.39 is 0 Å². The van der Waals surface area contributed by atoms with E-state index >= 15 is 0 Å². The summed E-state index contributed by atoms with van der Waals surface area (Å²) in [5.74, 6) is 1.80. The predicted molar refractivity (Wildman–Crippen MR) is 338 cm³/mol. The van der Waals surface area contributed by atoms with Gasteiger partial charge in [-0.3, -0.25) is 0 Å². The number of para-hydroxylation sites is 3. The second kappa shape index (κ2) is 20.7. The first-order valence-corrected chi connectivity index (χ1v) is 27.7. The summed E-state index contributed by atoms with van der Waals surface area (Å²) in [5, 5.41) is 4.70. The lowest BCUT2D eigenvalue weighted by Gasteiger charge is -2.19. The molecule has 3 aromatic heterocycles. The highest BCUT2D eigenvalue weighted by Crippen LogP contribution is 2.41. The number of benzene rings is 12. The molecule has 0 atom stereocenters. The maximum Gasteiger partial charge on any atom is 0.164 e. The van der Waals surface area contributed by atoms with Gasteiger partial charge in [0.05, 0.1) is 11.0 Å². The molecule has 82 heavy (non-hydrogen) atoms. The molecule has 0 aliphatic heterocycles. The monoisotopic (exact) mass is 1050 g/mol. The average molecular weight is 1050 g/mol. The minimum absolute atomic E-state index is 0.589. The fourth-order valence-electron chi connectivity index (χ4n) is 11.7. The van der Waals surface area contributed by atoms with Crippen LogP contribution < -0.4 is 0 Å². The van der Waals surface area contributed by atoms with E-state index in [1.807, 2.05) is 24.3 Å². The van der Waals surface area contributed by atoms with Gasteiger partial charge in [-0.15, -0.1) is 0 Å². The van der Waals surface area contributed by atoms with E-state index in [0.717, 1.165) is 111 Å². The zero-order valence-corrected chi connectivity index (χ0v) is 44.6. The van der Waals surface area contributed by atoms with Gasteiger partial charge in [-0.05, 0) is 109 Å². The minimum atomic E-state index is 0.589. The molecule has 0 unspecified atom stereocenters. The van der Waals surface area contributed by atoms with E-state index in [-0.39, 0.29) is 0 Å². The highest BCUT2D eigenvalue weighted by molar-refractivity contribution is 6.10. The Morgan fingerprint density at radius 1 is 0.244 bits per heavy atom. The summed E-state index contributed by atoms with van der Waals surface area (Å²) in [6.45, 7) is 0. The number of furan rings is 1. The Hall–Kier alpha value is -11.0. The Labute approximate surface area is 475 Å². The van der Waals surface area contributed by atoms with Gasteiger partial charge in [0.1, 0.15) is 11.2 Å². The summed E-state index contributed by atoms with van der Waals surface area (Å²) in [6, 6.07) is 107. The van der Waals surface area contributed by atoms with Crippen LogP contribution in [-0.2, 0) is 0 Å². The fraction of sp³-hybridized carbons (Fsp3) is 0. The summed E-state index contributed by atoms with van der Waals surface area (Å²) in [5.41, 5.74) is 21.2. The van der Waals surface area contributed by atoms with Crippen LogP contribution in [0.1, 0.15) is 22.3 Å². The lowest BCUT2D eigenvalue weighted by atomic mass is 9.85. The number of hydrogen-bond donors (Lipinski definition) is 0. The average Bonchev–Trinajstić information content (AvgIpc) is 4.32. The van der Waals surface area contributed by atoms with Crippen LogP contribution >= 0.6 is 0 Å². The first kappa shape index (κ1) is 48.1. The maximum absolute atomic E-state index is 6.36. The summed E-state index contributed by atoms with van der Waals surface area (Å²) in [6.07, 6.45) is 0. The topological polar surface area (TPSA) is 56.7 Å². The van der Waals surface area contributed by atoms with Gasteiger partial charge in [-0.2, -0.15) is 0 Å². The van der Waals surface area contributed by atoms with Gasteiger partial charge in [0.2, 0.25) is 0 Å². The third-order valence-electron chi connectivity index (χ3n) is 15.8. The number of rotatable bonds is 11. The smallest absolute Gasteiger partial charge is 0.164 e. The highest BCUT2D eigenvalue weighted by Gasteiger charge is 2.20. The summed E-state index contributed by atoms with van der Waals surface area (Å²) >= 11 is 0. The van der Waals surface area contributed by atoms with Crippen LogP contribution in [-0.4, -0.2) is 19.5 Å². The molecule has 0 amide bonds. The highest BCUT2D eigenvalue weighted by atomic mass is 16.3. The molecule has 5 heteroatoms. The molecule has 0 saturated heterocycles. The van der Waals surface area contributed by atoms with Gasteiger partial charge in [-0.25, -0.2) is 15.0 Å². The molecule has 15 rings (SSSR count). The van der Waals surface area contributed by atoms with Crippen LogP contribution in [0.4, 0.5) is 0 Å². The van der Waals surface area contributed by atoms with Crippen molar-refractivity contribution in [1.29, 1.82) is 0 Å². The normalized spacial score (nSPS) is 11.9. The lowest BCUT2D eigenvalue weighted by molar-refractivity contribution is 0.669. The third kappa shape index (κ3) is 8.93. The van der Waals surface area contributed by atoms with E-state index in [4.69, 9.17) is 19.4 Å². The Balaban J connectivity index is 0.871. The molecule has 15 aromatic rings. The van der Waals surface area contributed by atoms with Crippen molar-refractivity contribution in [1.82, 2.24) is 19.5 Å². The molecule has 0 spiro atoms. The first-order valence-electron chi connectivity index (χ1n) is 27.7. The van der Waals surface area contributed by atoms with Crippen molar-refractivity contribution in [3.05, 3.63) is 326 Å². The summed E-state index contributed by atoms with van der Waals surface area (Å²) < 4.78 is 8.73. The summed E-state index contributed by atoms with van der Waals surface area (Å²) in [4.78, 5) is 15.6. The number of fused-ring (bicyclic) bond motifs is 6. The number of aromatic nitrogens is 4. The Kier molecular flexibility index (Phi) is 12.1. The van der Waals surface area contributed by atoms with Crippen LogP contribution in [0.2, 0.25) is 0 Å². The van der Waals surface area contributed by atoms with Gasteiger partial charge >= 0.3 is 0 Å². The zero-order chi connectivity index (χ0) is 54.3. The molecule has 0 fully saturated rings. The van der Waals surface area contributed by atoms with E-state index in [1.54, 1.807) is 0 Å². The van der Waals surface area contributed by atoms with Gasteiger partial charge in [0, 0.05) is 43.9 Å². The third-order valence-corrected chi connectivity index (χ3v) is 15.8. The van der Waals surface area contributed by atoms with E-state index in [9.17, 15) is 0 Å². The van der Waals surface area contributed by atoms with E-state index in [0.29, 0.717) is 17.5 Å². The SMILES string of the molecule is c1ccc(/C(=C(\c2ccc(-c3ccc4c(c3)oc3ccccc34)cc2)c2ccc(-c3nc(-c4ccc(-c5ccccc5)cc4)nc(-c4ccc(-c5ccccc5)cc4)n3)cc2)c2ccc(-n3c4ccccc4c4ccccc43)cc2)cc1. The van der Waals surface area contributed by atoms with Crippen molar-refractivity contribution in [3.8, 4) is 73.2 Å². The van der Waals surface area contributed by atoms with Crippen LogP contribution in [0, 0.1) is 0 Å². The molecule has 5 nitrogen and oxygen atoms in total. The molecule has 0 bridgehead atoms. The molecular weight excluding hydrogens is 997 g/mol. The van der Waals surface area contributed by atoms with Crippen molar-refractivity contribution >= 4 is 54.9 Å². The molecule has 0 aliphatic carbocycles. The molecule has 3 heterocycles. The quantitative estimate of drug-likeness (QED) is 0.121. The molecular formula is C77H50N4O. The van der Waals surface area contributed by atoms with Crippen molar-refractivity contribution < 1.29 is 4.42 Å². The Morgan fingerprint density at radius 2 is 0.573 bits per heavy atom. The van der Waals surface area contributed by atoms with E-state index in [1.165, 1.54) is 21.8 Å². The molecule has 0 radical (unpaired) electrons. The largest absolute Gasteiger partial charge is 0.456 e. The second-order valence-electron chi connectivity index (χ2n) is 20.7. The summed E-state index contributed by atoms with van der Waals surface area (Å²) in [7, 11) is 0.